The number of carbonyl (C=O) groups is 1. The van der Waals surface area contributed by atoms with Crippen molar-refractivity contribution in [2.24, 2.45) is 0 Å². The lowest BCUT2D eigenvalue weighted by Gasteiger charge is -2.28. The van der Waals surface area contributed by atoms with Gasteiger partial charge in [-0.15, -0.1) is 0 Å². The van der Waals surface area contributed by atoms with Crippen LogP contribution in [0.15, 0.2) is 54.6 Å². The van der Waals surface area contributed by atoms with Crippen LogP contribution in [0.25, 0.3) is 0 Å². The zero-order valence-corrected chi connectivity index (χ0v) is 14.4. The highest BCUT2D eigenvalue weighted by atomic mass is 19.1. The number of hydrogen-bond acceptors (Lipinski definition) is 3. The Bertz CT molecular complexity index is 666. The highest BCUT2D eigenvalue weighted by Crippen LogP contribution is 2.18. The zero-order valence-electron chi connectivity index (χ0n) is 14.4. The average Bonchev–Trinajstić information content (AvgIpc) is 2.67. The first-order chi connectivity index (χ1) is 12.2. The van der Waals surface area contributed by atoms with E-state index in [-0.39, 0.29) is 11.6 Å². The fourth-order valence-corrected chi connectivity index (χ4v) is 3.19. The number of carbonyl (C=O) groups excluding carboxylic acids is 1. The maximum Gasteiger partial charge on any atom is 0.203 e. The van der Waals surface area contributed by atoms with Crippen LogP contribution in [0, 0.1) is 5.82 Å². The number of ether oxygens (including phenoxy) is 1. The molecule has 0 bridgehead atoms. The van der Waals surface area contributed by atoms with Crippen LogP contribution in [0.5, 0.6) is 5.75 Å². The predicted molar refractivity (Wildman–Crippen MR) is 96.5 cm³/mol. The summed E-state index contributed by atoms with van der Waals surface area (Å²) >= 11 is 0. The molecule has 0 aliphatic carbocycles. The molecule has 2 aromatic carbocycles. The second-order valence-electron chi connectivity index (χ2n) is 6.48. The number of rotatable bonds is 7. The number of Topliss-reactive ketones (excluding diaryl/α,β-unsaturated/α-hetero) is 1. The van der Waals surface area contributed by atoms with Crippen molar-refractivity contribution in [2.75, 3.05) is 19.6 Å². The fraction of sp³-hybridized carbons (Fsp3) is 0.381. The largest absolute Gasteiger partial charge is 0.482 e. The van der Waals surface area contributed by atoms with Crippen LogP contribution in [0.2, 0.25) is 0 Å². The van der Waals surface area contributed by atoms with E-state index in [2.05, 4.69) is 4.90 Å². The van der Waals surface area contributed by atoms with Gasteiger partial charge in [-0.2, -0.15) is 0 Å². The van der Waals surface area contributed by atoms with Crippen LogP contribution in [0.4, 0.5) is 4.39 Å². The fourth-order valence-electron chi connectivity index (χ4n) is 3.19. The molecule has 1 saturated heterocycles. The summed E-state index contributed by atoms with van der Waals surface area (Å²) in [6, 6.07) is 15.1. The van der Waals surface area contributed by atoms with Gasteiger partial charge in [0.2, 0.25) is 5.78 Å². The van der Waals surface area contributed by atoms with Gasteiger partial charge in [-0.1, -0.05) is 24.6 Å². The topological polar surface area (TPSA) is 29.5 Å². The molecule has 25 heavy (non-hydrogen) atoms. The number of para-hydroxylation sites is 1. The van der Waals surface area contributed by atoms with E-state index in [0.717, 1.165) is 19.6 Å². The second-order valence-corrected chi connectivity index (χ2v) is 6.48. The molecule has 0 spiro atoms. The second kappa shape index (κ2) is 8.77. The Labute approximate surface area is 148 Å². The van der Waals surface area contributed by atoms with Crippen molar-refractivity contribution >= 4 is 5.78 Å². The molecule has 3 rings (SSSR count). The van der Waals surface area contributed by atoms with Crippen LogP contribution < -0.4 is 4.74 Å². The summed E-state index contributed by atoms with van der Waals surface area (Å²) in [4.78, 5) is 15.3. The number of nitrogens with zero attached hydrogens (tertiary/aromatic N) is 1. The van der Waals surface area contributed by atoms with E-state index < -0.39 is 6.10 Å². The third kappa shape index (κ3) is 5.13. The molecule has 0 amide bonds. The van der Waals surface area contributed by atoms with E-state index in [9.17, 15) is 9.18 Å². The first-order valence-electron chi connectivity index (χ1n) is 8.96. The Morgan fingerprint density at radius 1 is 1.00 bits per heavy atom. The smallest absolute Gasteiger partial charge is 0.203 e. The third-order valence-electron chi connectivity index (χ3n) is 4.60. The van der Waals surface area contributed by atoms with Gasteiger partial charge < -0.3 is 9.64 Å². The Morgan fingerprint density at radius 3 is 2.36 bits per heavy atom. The molecule has 132 valence electrons. The number of halogens is 1. The lowest BCUT2D eigenvalue weighted by Crippen LogP contribution is -2.36. The van der Waals surface area contributed by atoms with Crippen molar-refractivity contribution in [3.8, 4) is 5.75 Å². The summed E-state index contributed by atoms with van der Waals surface area (Å²) in [5.41, 5.74) is 0.487. The van der Waals surface area contributed by atoms with Crippen molar-refractivity contribution in [1.29, 1.82) is 0 Å². The molecular weight excluding hydrogens is 317 g/mol. The minimum atomic E-state index is -0.560. The van der Waals surface area contributed by atoms with Crippen LogP contribution in [-0.4, -0.2) is 36.4 Å². The highest BCUT2D eigenvalue weighted by molar-refractivity contribution is 5.99. The van der Waals surface area contributed by atoms with Crippen LogP contribution in [0.1, 0.15) is 36.0 Å². The summed E-state index contributed by atoms with van der Waals surface area (Å²) in [6.07, 6.45) is 3.79. The number of benzene rings is 2. The van der Waals surface area contributed by atoms with Crippen LogP contribution >= 0.6 is 0 Å². The quantitative estimate of drug-likeness (QED) is 0.702. The molecule has 3 nitrogen and oxygen atoms in total. The average molecular weight is 341 g/mol. The van der Waals surface area contributed by atoms with E-state index in [1.807, 2.05) is 30.3 Å². The van der Waals surface area contributed by atoms with Crippen molar-refractivity contribution in [3.05, 3.63) is 66.0 Å². The van der Waals surface area contributed by atoms with Gasteiger partial charge in [0, 0.05) is 18.5 Å². The summed E-state index contributed by atoms with van der Waals surface area (Å²) < 4.78 is 19.1. The van der Waals surface area contributed by atoms with Crippen molar-refractivity contribution < 1.29 is 13.9 Å². The molecule has 1 fully saturated rings. The Morgan fingerprint density at radius 2 is 1.68 bits per heavy atom. The minimum absolute atomic E-state index is 0.0964. The normalized spacial score (nSPS) is 16.4. The maximum atomic E-state index is 13.1. The van der Waals surface area contributed by atoms with E-state index in [0.29, 0.717) is 17.7 Å². The summed E-state index contributed by atoms with van der Waals surface area (Å²) in [5, 5.41) is 0. The SMILES string of the molecule is O=C(c1ccc(F)cc1)C(CCN1CCCCC1)Oc1ccccc1. The van der Waals surface area contributed by atoms with Gasteiger partial charge in [0.25, 0.3) is 0 Å². The zero-order chi connectivity index (χ0) is 17.5. The van der Waals surface area contributed by atoms with Crippen LogP contribution in [0.3, 0.4) is 0 Å². The molecule has 0 saturated carbocycles. The number of hydrogen-bond donors (Lipinski definition) is 0. The molecule has 1 atom stereocenters. The van der Waals surface area contributed by atoms with E-state index in [4.69, 9.17) is 4.74 Å². The van der Waals surface area contributed by atoms with Gasteiger partial charge in [-0.3, -0.25) is 4.79 Å². The van der Waals surface area contributed by atoms with E-state index in [1.54, 1.807) is 0 Å². The number of likely N-dealkylation sites (tertiary alicyclic amines) is 1. The molecule has 0 aromatic heterocycles. The summed E-state index contributed by atoms with van der Waals surface area (Å²) in [6.45, 7) is 3.01. The standard InChI is InChI=1S/C21H24FNO2/c22-18-11-9-17(10-12-18)21(24)20(25-19-7-3-1-4-8-19)13-16-23-14-5-2-6-15-23/h1,3-4,7-12,20H,2,5-6,13-16H2. The van der Waals surface area contributed by atoms with Gasteiger partial charge in [0.15, 0.2) is 6.10 Å². The molecule has 1 aliphatic heterocycles. The Balaban J connectivity index is 1.70. The van der Waals surface area contributed by atoms with Gasteiger partial charge in [0.1, 0.15) is 11.6 Å². The van der Waals surface area contributed by atoms with Gasteiger partial charge >= 0.3 is 0 Å². The first-order valence-corrected chi connectivity index (χ1v) is 8.96. The molecule has 0 radical (unpaired) electrons. The van der Waals surface area contributed by atoms with Crippen molar-refractivity contribution in [1.82, 2.24) is 4.90 Å². The molecule has 1 heterocycles. The van der Waals surface area contributed by atoms with Gasteiger partial charge in [0.05, 0.1) is 0 Å². The molecule has 2 aromatic rings. The van der Waals surface area contributed by atoms with E-state index in [1.165, 1.54) is 43.5 Å². The number of piperidine rings is 1. The predicted octanol–water partition coefficient (Wildman–Crippen LogP) is 4.33. The lowest BCUT2D eigenvalue weighted by atomic mass is 10.0. The lowest BCUT2D eigenvalue weighted by molar-refractivity contribution is 0.0748. The molecule has 4 heteroatoms. The van der Waals surface area contributed by atoms with Crippen molar-refractivity contribution in [2.45, 2.75) is 31.8 Å². The van der Waals surface area contributed by atoms with Crippen molar-refractivity contribution in [3.63, 3.8) is 0 Å². The molecule has 0 N–H and O–H groups in total. The van der Waals surface area contributed by atoms with Gasteiger partial charge in [-0.25, -0.2) is 4.39 Å². The molecule has 1 aliphatic rings. The Hall–Kier alpha value is -2.20. The summed E-state index contributed by atoms with van der Waals surface area (Å²) in [7, 11) is 0. The molecular formula is C21H24FNO2. The van der Waals surface area contributed by atoms with Crippen LogP contribution in [-0.2, 0) is 0 Å². The number of ketones is 1. The monoisotopic (exact) mass is 341 g/mol. The summed E-state index contributed by atoms with van der Waals surface area (Å²) in [5.74, 6) is 0.243. The first kappa shape index (κ1) is 17.6. The maximum absolute atomic E-state index is 13.1. The third-order valence-corrected chi connectivity index (χ3v) is 4.60. The molecule has 1 unspecified atom stereocenters. The van der Waals surface area contributed by atoms with Gasteiger partial charge in [-0.05, 0) is 62.3 Å². The van der Waals surface area contributed by atoms with E-state index >= 15 is 0 Å². The Kier molecular flexibility index (Phi) is 6.18. The minimum Gasteiger partial charge on any atom is -0.482 e. The highest BCUT2D eigenvalue weighted by Gasteiger charge is 2.23.